The first kappa shape index (κ1) is 13.9. The molecular formula is C21H12N2O2. The van der Waals surface area contributed by atoms with E-state index < -0.39 is 0 Å². The van der Waals surface area contributed by atoms with E-state index in [1.807, 2.05) is 48.5 Å². The number of carbonyl (C=O) groups excluding carboxylic acids is 1. The van der Waals surface area contributed by atoms with Crippen LogP contribution in [0.25, 0.3) is 27.7 Å². The number of benzene rings is 3. The van der Waals surface area contributed by atoms with E-state index in [-0.39, 0.29) is 17.2 Å². The minimum absolute atomic E-state index is 0.186. The van der Waals surface area contributed by atoms with E-state index in [1.54, 1.807) is 24.3 Å². The molecule has 1 aliphatic heterocycles. The molecule has 5 rings (SSSR count). The second-order valence-electron chi connectivity index (χ2n) is 6.02. The smallest absolute Gasteiger partial charge is 0.266 e. The van der Waals surface area contributed by atoms with E-state index in [1.165, 1.54) is 4.57 Å². The van der Waals surface area contributed by atoms with Crippen molar-refractivity contribution in [1.82, 2.24) is 9.55 Å². The third kappa shape index (κ3) is 1.91. The van der Waals surface area contributed by atoms with Crippen LogP contribution in [0.5, 0.6) is 0 Å². The Morgan fingerprint density at radius 3 is 2.36 bits per heavy atom. The molecule has 4 aromatic rings. The predicted molar refractivity (Wildman–Crippen MR) is 96.2 cm³/mol. The number of rotatable bonds is 1. The van der Waals surface area contributed by atoms with Gasteiger partial charge in [-0.2, -0.15) is 0 Å². The van der Waals surface area contributed by atoms with Crippen molar-refractivity contribution in [3.05, 3.63) is 94.5 Å². The van der Waals surface area contributed by atoms with Gasteiger partial charge < -0.3 is 0 Å². The van der Waals surface area contributed by atoms with Crippen LogP contribution >= 0.6 is 0 Å². The Morgan fingerprint density at radius 2 is 1.52 bits per heavy atom. The molecule has 25 heavy (non-hydrogen) atoms. The molecule has 3 aromatic carbocycles. The maximum atomic E-state index is 13.1. The number of ketones is 1. The summed E-state index contributed by atoms with van der Waals surface area (Å²) >= 11 is 0. The van der Waals surface area contributed by atoms with Crippen molar-refractivity contribution in [3.8, 4) is 16.8 Å². The summed E-state index contributed by atoms with van der Waals surface area (Å²) in [7, 11) is 0. The maximum Gasteiger partial charge on any atom is 0.266 e. The van der Waals surface area contributed by atoms with Gasteiger partial charge in [0.15, 0.2) is 5.82 Å². The Bertz CT molecular complexity index is 1220. The molecule has 0 saturated heterocycles. The van der Waals surface area contributed by atoms with Gasteiger partial charge in [0, 0.05) is 0 Å². The fourth-order valence-corrected chi connectivity index (χ4v) is 3.35. The number of hydrogen-bond acceptors (Lipinski definition) is 3. The van der Waals surface area contributed by atoms with E-state index in [4.69, 9.17) is 0 Å². The van der Waals surface area contributed by atoms with Gasteiger partial charge in [-0.3, -0.25) is 14.2 Å². The molecule has 1 aromatic heterocycles. The lowest BCUT2D eigenvalue weighted by Crippen LogP contribution is -2.21. The van der Waals surface area contributed by atoms with E-state index in [9.17, 15) is 9.59 Å². The Labute approximate surface area is 143 Å². The highest BCUT2D eigenvalue weighted by atomic mass is 16.1. The van der Waals surface area contributed by atoms with Crippen molar-refractivity contribution < 1.29 is 4.79 Å². The lowest BCUT2D eigenvalue weighted by atomic mass is 10.0. The first-order chi connectivity index (χ1) is 12.2. The van der Waals surface area contributed by atoms with Gasteiger partial charge in [-0.25, -0.2) is 4.98 Å². The lowest BCUT2D eigenvalue weighted by Gasteiger charge is -2.07. The van der Waals surface area contributed by atoms with Gasteiger partial charge in [0.25, 0.3) is 5.56 Å². The number of para-hydroxylation sites is 1. The fraction of sp³-hybridized carbons (Fsp3) is 0. The average Bonchev–Trinajstić information content (AvgIpc) is 2.95. The van der Waals surface area contributed by atoms with Gasteiger partial charge >= 0.3 is 0 Å². The second-order valence-corrected chi connectivity index (χ2v) is 6.02. The van der Waals surface area contributed by atoms with Crippen molar-refractivity contribution in [2.24, 2.45) is 0 Å². The summed E-state index contributed by atoms with van der Waals surface area (Å²) in [6.07, 6.45) is 0. The fourth-order valence-electron chi connectivity index (χ4n) is 3.35. The zero-order chi connectivity index (χ0) is 17.0. The molecule has 0 atom stereocenters. The Balaban J connectivity index is 1.83. The summed E-state index contributed by atoms with van der Waals surface area (Å²) in [5.41, 5.74) is 3.43. The van der Waals surface area contributed by atoms with Gasteiger partial charge in [0.1, 0.15) is 0 Å². The van der Waals surface area contributed by atoms with Crippen molar-refractivity contribution >= 4 is 16.7 Å². The van der Waals surface area contributed by atoms with Gasteiger partial charge in [0.05, 0.1) is 22.2 Å². The van der Waals surface area contributed by atoms with Crippen LogP contribution < -0.4 is 5.56 Å². The van der Waals surface area contributed by atoms with Crippen LogP contribution in [0.4, 0.5) is 0 Å². The third-order valence-corrected chi connectivity index (χ3v) is 4.57. The number of hydrogen-bond donors (Lipinski definition) is 0. The van der Waals surface area contributed by atoms with Crippen LogP contribution in [0.1, 0.15) is 16.2 Å². The topological polar surface area (TPSA) is 52.0 Å². The molecule has 1 aliphatic rings. The number of aromatic nitrogens is 2. The minimum atomic E-state index is -0.212. The molecule has 4 heteroatoms. The minimum Gasteiger partial charge on any atom is -0.285 e. The molecule has 0 unspecified atom stereocenters. The van der Waals surface area contributed by atoms with Gasteiger partial charge in [0.2, 0.25) is 5.78 Å². The van der Waals surface area contributed by atoms with Gasteiger partial charge in [-0.1, -0.05) is 48.5 Å². The first-order valence-electron chi connectivity index (χ1n) is 8.00. The molecule has 118 valence electrons. The molecule has 0 N–H and O–H groups in total. The molecular weight excluding hydrogens is 312 g/mol. The highest BCUT2D eigenvalue weighted by molar-refractivity contribution is 6.13. The zero-order valence-electron chi connectivity index (χ0n) is 13.1. The van der Waals surface area contributed by atoms with Crippen LogP contribution in [0.2, 0.25) is 0 Å². The largest absolute Gasteiger partial charge is 0.285 e. The van der Waals surface area contributed by atoms with Crippen LogP contribution in [-0.4, -0.2) is 15.3 Å². The quantitative estimate of drug-likeness (QED) is 0.473. The lowest BCUT2D eigenvalue weighted by molar-refractivity contribution is 0.103. The van der Waals surface area contributed by atoms with E-state index in [2.05, 4.69) is 4.98 Å². The summed E-state index contributed by atoms with van der Waals surface area (Å²) in [6, 6.07) is 22.6. The summed E-state index contributed by atoms with van der Waals surface area (Å²) in [4.78, 5) is 30.1. The number of carbonyl (C=O) groups is 1. The first-order valence-corrected chi connectivity index (χ1v) is 8.00. The Hall–Kier alpha value is -3.53. The van der Waals surface area contributed by atoms with E-state index >= 15 is 0 Å². The molecule has 0 radical (unpaired) electrons. The highest BCUT2D eigenvalue weighted by Crippen LogP contribution is 2.27. The highest BCUT2D eigenvalue weighted by Gasteiger charge is 2.29. The summed E-state index contributed by atoms with van der Waals surface area (Å²) in [5.74, 6) is -0.0205. The van der Waals surface area contributed by atoms with Crippen molar-refractivity contribution in [2.75, 3.05) is 0 Å². The number of nitrogens with zero attached hydrogens (tertiary/aromatic N) is 2. The molecule has 0 saturated carbocycles. The third-order valence-electron chi connectivity index (χ3n) is 4.57. The molecule has 0 amide bonds. The predicted octanol–water partition coefficient (Wildman–Crippen LogP) is 3.60. The Morgan fingerprint density at radius 1 is 0.760 bits per heavy atom. The normalized spacial score (nSPS) is 12.2. The molecule has 0 bridgehead atoms. The second kappa shape index (κ2) is 4.98. The summed E-state index contributed by atoms with van der Waals surface area (Å²) < 4.78 is 1.43. The summed E-state index contributed by atoms with van der Waals surface area (Å²) in [5, 5.41) is 0.509. The van der Waals surface area contributed by atoms with Crippen LogP contribution in [-0.2, 0) is 0 Å². The molecule has 0 spiro atoms. The van der Waals surface area contributed by atoms with Crippen LogP contribution in [0, 0.1) is 0 Å². The van der Waals surface area contributed by atoms with Crippen LogP contribution in [0.15, 0.2) is 77.6 Å². The Kier molecular flexibility index (Phi) is 2.76. The molecule has 4 nitrogen and oxygen atoms in total. The van der Waals surface area contributed by atoms with Crippen LogP contribution in [0.3, 0.4) is 0 Å². The number of fused-ring (bicyclic) bond motifs is 4. The zero-order valence-corrected chi connectivity index (χ0v) is 13.1. The van der Waals surface area contributed by atoms with E-state index in [0.717, 1.165) is 11.1 Å². The van der Waals surface area contributed by atoms with Crippen molar-refractivity contribution in [1.29, 1.82) is 0 Å². The van der Waals surface area contributed by atoms with Crippen molar-refractivity contribution in [2.45, 2.75) is 0 Å². The summed E-state index contributed by atoms with van der Waals surface area (Å²) in [6.45, 7) is 0. The average molecular weight is 324 g/mol. The monoisotopic (exact) mass is 324 g/mol. The molecule has 0 aliphatic carbocycles. The van der Waals surface area contributed by atoms with E-state index in [0.29, 0.717) is 22.2 Å². The SMILES string of the molecule is O=C1c2ccccc2-n2c1nc1ccc(-c3ccccc3)cc1c2=O. The van der Waals surface area contributed by atoms with Crippen molar-refractivity contribution in [3.63, 3.8) is 0 Å². The standard InChI is InChI=1S/C21H12N2O2/c24-19-15-8-4-5-9-18(15)23-20(19)22-17-11-10-14(12-16(17)21(23)25)13-6-2-1-3-7-13/h1-12H. The maximum absolute atomic E-state index is 13.1. The molecule has 2 heterocycles. The molecule has 0 fully saturated rings. The van der Waals surface area contributed by atoms with Gasteiger partial charge in [-0.05, 0) is 35.4 Å². The van der Waals surface area contributed by atoms with Gasteiger partial charge in [-0.15, -0.1) is 0 Å².